The second-order valence-electron chi connectivity index (χ2n) is 6.21. The number of rotatable bonds is 5. The van der Waals surface area contributed by atoms with Crippen LogP contribution >= 0.6 is 0 Å². The Morgan fingerprint density at radius 2 is 2.08 bits per heavy atom. The van der Waals surface area contributed by atoms with Gasteiger partial charge in [-0.05, 0) is 25.1 Å². The standard InChI is InChI=1S/C17H20N6O2/c1-10(2)17(25)20-15-8-23(22-21-15)9-16(24)19-14-6-4-5-13-12(14)7-11(3)18-13/h4-8,10,18H,9H2,1-3H3,(H,19,24)(H,20,25). The molecule has 0 fully saturated rings. The molecule has 2 aromatic heterocycles. The van der Waals surface area contributed by atoms with Gasteiger partial charge in [0.05, 0.1) is 11.9 Å². The molecule has 3 aromatic rings. The summed E-state index contributed by atoms with van der Waals surface area (Å²) in [6.07, 6.45) is 1.53. The van der Waals surface area contributed by atoms with Crippen LogP contribution < -0.4 is 10.6 Å². The first-order valence-corrected chi connectivity index (χ1v) is 8.01. The van der Waals surface area contributed by atoms with Crippen molar-refractivity contribution in [2.24, 2.45) is 5.92 Å². The zero-order valence-electron chi connectivity index (χ0n) is 14.3. The van der Waals surface area contributed by atoms with Crippen molar-refractivity contribution >= 4 is 34.2 Å². The zero-order valence-corrected chi connectivity index (χ0v) is 14.3. The number of nitrogens with one attached hydrogen (secondary N) is 3. The fourth-order valence-electron chi connectivity index (χ4n) is 2.44. The van der Waals surface area contributed by atoms with Crippen LogP contribution in [0.2, 0.25) is 0 Å². The molecule has 25 heavy (non-hydrogen) atoms. The van der Waals surface area contributed by atoms with Gasteiger partial charge in [-0.15, -0.1) is 5.10 Å². The van der Waals surface area contributed by atoms with Crippen LogP contribution in [-0.2, 0) is 16.1 Å². The SMILES string of the molecule is Cc1cc2c(NC(=O)Cn3cc(NC(=O)C(C)C)nn3)cccc2[nH]1. The van der Waals surface area contributed by atoms with Gasteiger partial charge in [0.15, 0.2) is 5.82 Å². The van der Waals surface area contributed by atoms with Crippen molar-refractivity contribution in [3.05, 3.63) is 36.2 Å². The molecule has 2 amide bonds. The van der Waals surface area contributed by atoms with E-state index in [1.165, 1.54) is 10.9 Å². The third-order valence-corrected chi connectivity index (χ3v) is 3.69. The number of carbonyl (C=O) groups excluding carboxylic acids is 2. The molecule has 0 aliphatic rings. The normalized spacial score (nSPS) is 11.0. The van der Waals surface area contributed by atoms with Gasteiger partial charge in [-0.25, -0.2) is 4.68 Å². The van der Waals surface area contributed by atoms with Crippen molar-refractivity contribution < 1.29 is 9.59 Å². The molecule has 1 aromatic carbocycles. The Labute approximate surface area is 144 Å². The fraction of sp³-hybridized carbons (Fsp3) is 0.294. The predicted octanol–water partition coefficient (Wildman–Crippen LogP) is 2.30. The molecule has 0 atom stereocenters. The number of hydrogen-bond donors (Lipinski definition) is 3. The first kappa shape index (κ1) is 16.7. The lowest BCUT2D eigenvalue weighted by molar-refractivity contribution is -0.119. The summed E-state index contributed by atoms with van der Waals surface area (Å²) in [6.45, 7) is 5.55. The molecular formula is C17H20N6O2. The van der Waals surface area contributed by atoms with Crippen molar-refractivity contribution in [2.45, 2.75) is 27.3 Å². The van der Waals surface area contributed by atoms with Gasteiger partial charge in [0.25, 0.3) is 0 Å². The number of anilines is 2. The Kier molecular flexibility index (Phi) is 4.51. The molecule has 0 saturated carbocycles. The number of carbonyl (C=O) groups is 2. The van der Waals surface area contributed by atoms with Crippen molar-refractivity contribution in [1.82, 2.24) is 20.0 Å². The largest absolute Gasteiger partial charge is 0.359 e. The van der Waals surface area contributed by atoms with Gasteiger partial charge in [0.2, 0.25) is 11.8 Å². The zero-order chi connectivity index (χ0) is 18.0. The average molecular weight is 340 g/mol. The van der Waals surface area contributed by atoms with Gasteiger partial charge < -0.3 is 15.6 Å². The second-order valence-corrected chi connectivity index (χ2v) is 6.21. The Balaban J connectivity index is 1.66. The van der Waals surface area contributed by atoms with E-state index in [1.807, 2.05) is 31.2 Å². The van der Waals surface area contributed by atoms with Crippen molar-refractivity contribution in [2.75, 3.05) is 10.6 Å². The van der Waals surface area contributed by atoms with Crippen LogP contribution in [0.25, 0.3) is 10.9 Å². The Morgan fingerprint density at radius 3 is 2.84 bits per heavy atom. The monoisotopic (exact) mass is 340 g/mol. The average Bonchev–Trinajstić information content (AvgIpc) is 3.13. The van der Waals surface area contributed by atoms with E-state index in [0.29, 0.717) is 5.82 Å². The van der Waals surface area contributed by atoms with Crippen LogP contribution in [0.5, 0.6) is 0 Å². The molecule has 0 saturated heterocycles. The quantitative estimate of drug-likeness (QED) is 0.663. The van der Waals surface area contributed by atoms with Crippen LogP contribution in [0.3, 0.4) is 0 Å². The molecule has 0 unspecified atom stereocenters. The van der Waals surface area contributed by atoms with E-state index in [1.54, 1.807) is 13.8 Å². The minimum absolute atomic E-state index is 0.00431. The predicted molar refractivity (Wildman–Crippen MR) is 95.2 cm³/mol. The summed E-state index contributed by atoms with van der Waals surface area (Å²) in [7, 11) is 0. The van der Waals surface area contributed by atoms with Crippen LogP contribution in [0.15, 0.2) is 30.5 Å². The molecule has 0 bridgehead atoms. The van der Waals surface area contributed by atoms with Crippen LogP contribution in [0, 0.1) is 12.8 Å². The Bertz CT molecular complexity index is 924. The number of fused-ring (bicyclic) bond motifs is 1. The van der Waals surface area contributed by atoms with E-state index >= 15 is 0 Å². The number of hydrogen-bond acceptors (Lipinski definition) is 4. The molecule has 0 aliphatic carbocycles. The third kappa shape index (κ3) is 3.85. The van der Waals surface area contributed by atoms with E-state index in [-0.39, 0.29) is 24.3 Å². The van der Waals surface area contributed by atoms with Crippen LogP contribution in [0.4, 0.5) is 11.5 Å². The lowest BCUT2D eigenvalue weighted by Crippen LogP contribution is -2.19. The van der Waals surface area contributed by atoms with Gasteiger partial charge in [-0.2, -0.15) is 0 Å². The summed E-state index contributed by atoms with van der Waals surface area (Å²) >= 11 is 0. The molecule has 0 radical (unpaired) electrons. The molecule has 3 rings (SSSR count). The highest BCUT2D eigenvalue weighted by atomic mass is 16.2. The fourth-order valence-corrected chi connectivity index (χ4v) is 2.44. The van der Waals surface area contributed by atoms with Gasteiger partial charge in [-0.1, -0.05) is 25.1 Å². The molecule has 0 spiro atoms. The lowest BCUT2D eigenvalue weighted by Gasteiger charge is -2.06. The summed E-state index contributed by atoms with van der Waals surface area (Å²) in [5.74, 6) is -0.197. The Hall–Kier alpha value is -3.16. The first-order chi connectivity index (χ1) is 11.9. The molecular weight excluding hydrogens is 320 g/mol. The maximum atomic E-state index is 12.3. The van der Waals surface area contributed by atoms with E-state index in [0.717, 1.165) is 22.3 Å². The topological polar surface area (TPSA) is 105 Å². The number of nitrogens with zero attached hydrogens (tertiary/aromatic N) is 3. The van der Waals surface area contributed by atoms with Gasteiger partial charge in [0, 0.05) is 22.5 Å². The number of aromatic nitrogens is 4. The molecule has 0 aliphatic heterocycles. The van der Waals surface area contributed by atoms with Gasteiger partial charge in [-0.3, -0.25) is 9.59 Å². The van der Waals surface area contributed by atoms with E-state index in [9.17, 15) is 9.59 Å². The smallest absolute Gasteiger partial charge is 0.246 e. The van der Waals surface area contributed by atoms with Crippen molar-refractivity contribution in [3.63, 3.8) is 0 Å². The van der Waals surface area contributed by atoms with E-state index in [2.05, 4.69) is 25.9 Å². The van der Waals surface area contributed by atoms with Crippen molar-refractivity contribution in [1.29, 1.82) is 0 Å². The number of aromatic amines is 1. The number of H-pyrrole nitrogens is 1. The van der Waals surface area contributed by atoms with Gasteiger partial charge >= 0.3 is 0 Å². The highest BCUT2D eigenvalue weighted by Gasteiger charge is 2.12. The Morgan fingerprint density at radius 1 is 1.28 bits per heavy atom. The maximum Gasteiger partial charge on any atom is 0.246 e. The maximum absolute atomic E-state index is 12.3. The molecule has 130 valence electrons. The summed E-state index contributed by atoms with van der Waals surface area (Å²) < 4.78 is 1.38. The molecule has 3 N–H and O–H groups in total. The molecule has 8 heteroatoms. The van der Waals surface area contributed by atoms with Crippen LogP contribution in [0.1, 0.15) is 19.5 Å². The van der Waals surface area contributed by atoms with E-state index in [4.69, 9.17) is 0 Å². The summed E-state index contributed by atoms with van der Waals surface area (Å²) in [5, 5.41) is 14.2. The first-order valence-electron chi connectivity index (χ1n) is 8.01. The summed E-state index contributed by atoms with van der Waals surface area (Å²) in [6, 6.07) is 7.67. The number of amides is 2. The highest BCUT2D eigenvalue weighted by Crippen LogP contribution is 2.24. The van der Waals surface area contributed by atoms with Crippen LogP contribution in [-0.4, -0.2) is 31.8 Å². The summed E-state index contributed by atoms with van der Waals surface area (Å²) in [4.78, 5) is 27.1. The summed E-state index contributed by atoms with van der Waals surface area (Å²) in [5.41, 5.74) is 2.73. The lowest BCUT2D eigenvalue weighted by atomic mass is 10.2. The number of aryl methyl sites for hydroxylation is 1. The minimum Gasteiger partial charge on any atom is -0.359 e. The van der Waals surface area contributed by atoms with Gasteiger partial charge in [0.1, 0.15) is 6.54 Å². The van der Waals surface area contributed by atoms with Crippen molar-refractivity contribution in [3.8, 4) is 0 Å². The third-order valence-electron chi connectivity index (χ3n) is 3.69. The highest BCUT2D eigenvalue weighted by molar-refractivity contribution is 6.01. The minimum atomic E-state index is -0.224. The number of benzene rings is 1. The van der Waals surface area contributed by atoms with E-state index < -0.39 is 0 Å². The molecule has 8 nitrogen and oxygen atoms in total. The second kappa shape index (κ2) is 6.76. The molecule has 2 heterocycles.